The maximum absolute atomic E-state index is 12.8. The Labute approximate surface area is 69.5 Å². The van der Waals surface area contributed by atoms with E-state index in [1.54, 1.807) is 0 Å². The normalized spacial score (nSPS) is 9.42. The van der Waals surface area contributed by atoms with Crippen LogP contribution in [-0.2, 0) is 6.42 Å². The van der Waals surface area contributed by atoms with Crippen molar-refractivity contribution < 1.29 is 8.78 Å². The summed E-state index contributed by atoms with van der Waals surface area (Å²) in [5.74, 6) is -1.14. The number of hydrogen-bond donors (Lipinski definition) is 0. The van der Waals surface area contributed by atoms with Gasteiger partial charge in [-0.1, -0.05) is 6.07 Å². The summed E-state index contributed by atoms with van der Waals surface area (Å²) in [4.78, 5) is 3.03. The molecule has 62 valence electrons. The van der Waals surface area contributed by atoms with Gasteiger partial charge >= 0.3 is 0 Å². The standard InChI is InChI=1S/C9H7F2N/c1-12-6-5-7-8(10)3-2-4-9(7)11/h2-4H,5-6H2. The predicted molar refractivity (Wildman–Crippen MR) is 41.5 cm³/mol. The minimum absolute atomic E-state index is 0.00787. The third-order valence-corrected chi connectivity index (χ3v) is 1.54. The summed E-state index contributed by atoms with van der Waals surface area (Å²) in [6.45, 7) is 6.60. The number of benzene rings is 1. The zero-order chi connectivity index (χ0) is 8.97. The molecule has 0 saturated carbocycles. The first-order chi connectivity index (χ1) is 5.75. The lowest BCUT2D eigenvalue weighted by atomic mass is 10.1. The van der Waals surface area contributed by atoms with Gasteiger partial charge in [-0.3, -0.25) is 0 Å². The Kier molecular flexibility index (Phi) is 2.76. The van der Waals surface area contributed by atoms with Crippen molar-refractivity contribution in [2.45, 2.75) is 6.42 Å². The van der Waals surface area contributed by atoms with Gasteiger partial charge in [0.2, 0.25) is 6.54 Å². The largest absolute Gasteiger partial charge is 0.317 e. The minimum Gasteiger partial charge on any atom is -0.317 e. The summed E-state index contributed by atoms with van der Waals surface area (Å²) < 4.78 is 25.7. The van der Waals surface area contributed by atoms with Gasteiger partial charge in [0.15, 0.2) is 0 Å². The third kappa shape index (κ3) is 1.79. The first-order valence-electron chi connectivity index (χ1n) is 3.52. The Morgan fingerprint density at radius 1 is 1.25 bits per heavy atom. The molecule has 3 heteroatoms. The van der Waals surface area contributed by atoms with E-state index in [2.05, 4.69) is 4.85 Å². The molecule has 0 atom stereocenters. The summed E-state index contributed by atoms with van der Waals surface area (Å²) in [5, 5.41) is 0. The van der Waals surface area contributed by atoms with Crippen molar-refractivity contribution in [2.24, 2.45) is 0 Å². The molecular weight excluding hydrogens is 160 g/mol. The third-order valence-electron chi connectivity index (χ3n) is 1.54. The molecule has 0 saturated heterocycles. The zero-order valence-electron chi connectivity index (χ0n) is 6.35. The van der Waals surface area contributed by atoms with Crippen molar-refractivity contribution in [1.29, 1.82) is 0 Å². The van der Waals surface area contributed by atoms with Crippen molar-refractivity contribution in [3.63, 3.8) is 0 Å². The average molecular weight is 167 g/mol. The van der Waals surface area contributed by atoms with Crippen LogP contribution in [0.15, 0.2) is 18.2 Å². The Bertz CT molecular complexity index is 295. The van der Waals surface area contributed by atoms with Gasteiger partial charge in [-0.25, -0.2) is 15.4 Å². The van der Waals surface area contributed by atoms with E-state index in [1.807, 2.05) is 0 Å². The van der Waals surface area contributed by atoms with Crippen molar-refractivity contribution in [3.8, 4) is 0 Å². The highest BCUT2D eigenvalue weighted by Gasteiger charge is 2.08. The molecule has 0 unspecified atom stereocenters. The van der Waals surface area contributed by atoms with Crippen LogP contribution in [0.1, 0.15) is 5.56 Å². The molecule has 0 aliphatic heterocycles. The lowest BCUT2D eigenvalue weighted by Crippen LogP contribution is -1.96. The number of rotatable bonds is 2. The van der Waals surface area contributed by atoms with Gasteiger partial charge in [0, 0.05) is 5.56 Å². The second-order valence-electron chi connectivity index (χ2n) is 2.33. The van der Waals surface area contributed by atoms with E-state index >= 15 is 0 Å². The Hall–Kier alpha value is -1.43. The van der Waals surface area contributed by atoms with E-state index < -0.39 is 11.6 Å². The van der Waals surface area contributed by atoms with Crippen LogP contribution < -0.4 is 0 Å². The van der Waals surface area contributed by atoms with Gasteiger partial charge in [-0.2, -0.15) is 0 Å². The number of nitrogens with zero attached hydrogens (tertiary/aromatic N) is 1. The molecule has 0 spiro atoms. The summed E-state index contributed by atoms with van der Waals surface area (Å²) in [6.07, 6.45) is 0.141. The lowest BCUT2D eigenvalue weighted by Gasteiger charge is -1.99. The van der Waals surface area contributed by atoms with E-state index in [9.17, 15) is 8.78 Å². The molecule has 1 aromatic carbocycles. The van der Waals surface area contributed by atoms with Crippen LogP contribution >= 0.6 is 0 Å². The highest BCUT2D eigenvalue weighted by molar-refractivity contribution is 5.20. The monoisotopic (exact) mass is 167 g/mol. The smallest absolute Gasteiger partial charge is 0.218 e. The first kappa shape index (κ1) is 8.66. The molecular formula is C9H7F2N. The Morgan fingerprint density at radius 2 is 1.83 bits per heavy atom. The fraction of sp³-hybridized carbons (Fsp3) is 0.222. The van der Waals surface area contributed by atoms with Crippen LogP contribution in [0.2, 0.25) is 0 Å². The molecule has 1 nitrogen and oxygen atoms in total. The van der Waals surface area contributed by atoms with Gasteiger partial charge in [0.1, 0.15) is 11.6 Å². The van der Waals surface area contributed by atoms with Crippen LogP contribution in [0.4, 0.5) is 8.78 Å². The minimum atomic E-state index is -0.571. The lowest BCUT2D eigenvalue weighted by molar-refractivity contribution is 0.558. The summed E-state index contributed by atoms with van der Waals surface area (Å²) in [5.41, 5.74) is 0.00787. The first-order valence-corrected chi connectivity index (χ1v) is 3.52. The molecule has 0 aromatic heterocycles. The Balaban J connectivity index is 2.90. The fourth-order valence-corrected chi connectivity index (χ4v) is 0.939. The molecule has 0 aliphatic rings. The molecule has 1 aromatic rings. The van der Waals surface area contributed by atoms with Gasteiger partial charge in [-0.15, -0.1) is 0 Å². The number of halogens is 2. The fourth-order valence-electron chi connectivity index (χ4n) is 0.939. The van der Waals surface area contributed by atoms with Crippen LogP contribution in [0, 0.1) is 18.2 Å². The SMILES string of the molecule is [C-]#[N+]CCc1c(F)cccc1F. The van der Waals surface area contributed by atoms with E-state index in [1.165, 1.54) is 18.2 Å². The predicted octanol–water partition coefficient (Wildman–Crippen LogP) is 2.43. The van der Waals surface area contributed by atoms with Crippen molar-refractivity contribution >= 4 is 0 Å². The van der Waals surface area contributed by atoms with E-state index in [-0.39, 0.29) is 18.5 Å². The second-order valence-corrected chi connectivity index (χ2v) is 2.33. The quantitative estimate of drug-likeness (QED) is 0.596. The summed E-state index contributed by atoms with van der Waals surface area (Å²) in [7, 11) is 0. The van der Waals surface area contributed by atoms with Crippen molar-refractivity contribution in [2.75, 3.05) is 6.54 Å². The van der Waals surface area contributed by atoms with Gasteiger partial charge in [-0.05, 0) is 12.1 Å². The van der Waals surface area contributed by atoms with Gasteiger partial charge in [0.05, 0.1) is 6.42 Å². The highest BCUT2D eigenvalue weighted by atomic mass is 19.1. The van der Waals surface area contributed by atoms with Crippen molar-refractivity contribution in [3.05, 3.63) is 46.8 Å². The Morgan fingerprint density at radius 3 is 2.33 bits per heavy atom. The van der Waals surface area contributed by atoms with Crippen LogP contribution in [0.25, 0.3) is 4.85 Å². The van der Waals surface area contributed by atoms with E-state index in [4.69, 9.17) is 6.57 Å². The van der Waals surface area contributed by atoms with Crippen molar-refractivity contribution in [1.82, 2.24) is 0 Å². The zero-order valence-corrected chi connectivity index (χ0v) is 6.35. The number of hydrogen-bond acceptors (Lipinski definition) is 0. The second kappa shape index (κ2) is 3.82. The maximum Gasteiger partial charge on any atom is 0.218 e. The molecule has 12 heavy (non-hydrogen) atoms. The topological polar surface area (TPSA) is 4.36 Å². The molecule has 0 heterocycles. The molecule has 0 bridgehead atoms. The van der Waals surface area contributed by atoms with Crippen LogP contribution in [0.3, 0.4) is 0 Å². The van der Waals surface area contributed by atoms with Gasteiger partial charge in [0.25, 0.3) is 0 Å². The molecule has 0 radical (unpaired) electrons. The van der Waals surface area contributed by atoms with Crippen LogP contribution in [0.5, 0.6) is 0 Å². The molecule has 1 rings (SSSR count). The van der Waals surface area contributed by atoms with E-state index in [0.717, 1.165) is 0 Å². The summed E-state index contributed by atoms with van der Waals surface area (Å²) in [6, 6.07) is 3.71. The molecule has 0 aliphatic carbocycles. The average Bonchev–Trinajstić information content (AvgIpc) is 2.04. The van der Waals surface area contributed by atoms with Gasteiger partial charge < -0.3 is 4.85 Å². The highest BCUT2D eigenvalue weighted by Crippen LogP contribution is 2.12. The summed E-state index contributed by atoms with van der Waals surface area (Å²) >= 11 is 0. The van der Waals surface area contributed by atoms with E-state index in [0.29, 0.717) is 0 Å². The maximum atomic E-state index is 12.8. The van der Waals surface area contributed by atoms with Crippen LogP contribution in [-0.4, -0.2) is 6.54 Å². The molecule has 0 fully saturated rings. The molecule has 0 N–H and O–H groups in total. The molecule has 0 amide bonds.